The van der Waals surface area contributed by atoms with Crippen molar-refractivity contribution in [2.45, 2.75) is 45.3 Å². The minimum Gasteiger partial charge on any atom is -0.496 e. The van der Waals surface area contributed by atoms with Crippen molar-refractivity contribution < 1.29 is 4.74 Å². The number of piperidine rings is 1. The van der Waals surface area contributed by atoms with E-state index in [1.165, 1.54) is 17.5 Å². The Morgan fingerprint density at radius 3 is 2.72 bits per heavy atom. The van der Waals surface area contributed by atoms with Crippen LogP contribution in [0, 0.1) is 13.8 Å². The van der Waals surface area contributed by atoms with Gasteiger partial charge in [0.05, 0.1) is 12.8 Å². The van der Waals surface area contributed by atoms with E-state index in [9.17, 15) is 0 Å². The molecule has 7 heteroatoms. The van der Waals surface area contributed by atoms with Crippen molar-refractivity contribution in [1.82, 2.24) is 30.8 Å². The fourth-order valence-corrected chi connectivity index (χ4v) is 3.98. The third-order valence-corrected chi connectivity index (χ3v) is 5.58. The second-order valence-electron chi connectivity index (χ2n) is 7.61. The lowest BCUT2D eigenvalue weighted by Crippen LogP contribution is -2.45. The zero-order chi connectivity index (χ0) is 20.2. The van der Waals surface area contributed by atoms with E-state index in [4.69, 9.17) is 4.74 Å². The Labute approximate surface area is 171 Å². The van der Waals surface area contributed by atoms with E-state index in [1.807, 2.05) is 19.1 Å². The molecular formula is C22H28N6O. The number of benzene rings is 2. The van der Waals surface area contributed by atoms with Gasteiger partial charge in [0, 0.05) is 24.2 Å². The van der Waals surface area contributed by atoms with Gasteiger partial charge in [-0.05, 0) is 67.4 Å². The smallest absolute Gasteiger partial charge is 0.153 e. The van der Waals surface area contributed by atoms with Gasteiger partial charge in [0.2, 0.25) is 0 Å². The summed E-state index contributed by atoms with van der Waals surface area (Å²) < 4.78 is 7.33. The fourth-order valence-electron chi connectivity index (χ4n) is 3.98. The first kappa shape index (κ1) is 19.5. The summed E-state index contributed by atoms with van der Waals surface area (Å²) >= 11 is 0. The van der Waals surface area contributed by atoms with Gasteiger partial charge < -0.3 is 15.4 Å². The summed E-state index contributed by atoms with van der Waals surface area (Å²) in [5, 5.41) is 19.3. The van der Waals surface area contributed by atoms with E-state index in [2.05, 4.69) is 63.4 Å². The van der Waals surface area contributed by atoms with E-state index < -0.39 is 0 Å². The van der Waals surface area contributed by atoms with Gasteiger partial charge in [0.15, 0.2) is 5.82 Å². The lowest BCUT2D eigenvalue weighted by molar-refractivity contribution is 0.303. The highest BCUT2D eigenvalue weighted by atomic mass is 16.5. The maximum atomic E-state index is 5.60. The predicted octanol–water partition coefficient (Wildman–Crippen LogP) is 2.87. The number of tetrazole rings is 1. The molecule has 0 spiro atoms. The standard InChI is InChI=1S/C22H28N6O/c1-15-6-8-17(9-7-15)22-20(5-4-12-23-22)24-14-18-13-19(10-11-21(18)29-3)28-16(2)25-26-27-28/h6-11,13,20,22-24H,4-5,12,14H2,1-3H3/t20-,22-/m1/s1. The average Bonchev–Trinajstić information content (AvgIpc) is 3.19. The molecule has 0 amide bonds. The molecule has 1 fully saturated rings. The first-order valence-electron chi connectivity index (χ1n) is 10.1. The van der Waals surface area contributed by atoms with Crippen LogP contribution in [0.4, 0.5) is 0 Å². The summed E-state index contributed by atoms with van der Waals surface area (Å²) in [5.41, 5.74) is 4.64. The number of aryl methyl sites for hydroxylation is 2. The number of ether oxygens (including phenoxy) is 1. The molecule has 2 atom stereocenters. The summed E-state index contributed by atoms with van der Waals surface area (Å²) in [6.45, 7) is 5.78. The molecule has 1 aliphatic heterocycles. The third kappa shape index (κ3) is 4.31. The zero-order valence-electron chi connectivity index (χ0n) is 17.2. The lowest BCUT2D eigenvalue weighted by Gasteiger charge is -2.34. The van der Waals surface area contributed by atoms with Crippen LogP contribution >= 0.6 is 0 Å². The topological polar surface area (TPSA) is 76.9 Å². The summed E-state index contributed by atoms with van der Waals surface area (Å²) in [4.78, 5) is 0. The van der Waals surface area contributed by atoms with Crippen molar-refractivity contribution in [3.63, 3.8) is 0 Å². The van der Waals surface area contributed by atoms with Crippen LogP contribution in [-0.2, 0) is 6.54 Å². The highest BCUT2D eigenvalue weighted by Crippen LogP contribution is 2.26. The van der Waals surface area contributed by atoms with Crippen LogP contribution in [0.5, 0.6) is 5.75 Å². The zero-order valence-corrected chi connectivity index (χ0v) is 17.2. The van der Waals surface area contributed by atoms with Crippen molar-refractivity contribution in [2.75, 3.05) is 13.7 Å². The predicted molar refractivity (Wildman–Crippen MR) is 112 cm³/mol. The van der Waals surface area contributed by atoms with Crippen LogP contribution in [0.15, 0.2) is 42.5 Å². The third-order valence-electron chi connectivity index (χ3n) is 5.58. The quantitative estimate of drug-likeness (QED) is 0.672. The van der Waals surface area contributed by atoms with Gasteiger partial charge in [0.25, 0.3) is 0 Å². The number of nitrogens with one attached hydrogen (secondary N) is 2. The molecule has 0 aliphatic carbocycles. The van der Waals surface area contributed by atoms with Crippen molar-refractivity contribution in [1.29, 1.82) is 0 Å². The molecule has 0 saturated carbocycles. The minimum atomic E-state index is 0.306. The van der Waals surface area contributed by atoms with Gasteiger partial charge in [-0.15, -0.1) is 5.10 Å². The highest BCUT2D eigenvalue weighted by molar-refractivity contribution is 5.44. The Morgan fingerprint density at radius 2 is 2.00 bits per heavy atom. The van der Waals surface area contributed by atoms with Gasteiger partial charge in [0.1, 0.15) is 5.75 Å². The SMILES string of the molecule is COc1ccc(-n2nnnc2C)cc1CN[C@@H]1CCCN[C@@H]1c1ccc(C)cc1. The van der Waals surface area contributed by atoms with Crippen LogP contribution in [0.2, 0.25) is 0 Å². The Kier molecular flexibility index (Phi) is 5.87. The summed E-state index contributed by atoms with van der Waals surface area (Å²) in [6, 6.07) is 15.5. The Balaban J connectivity index is 1.53. The van der Waals surface area contributed by atoms with E-state index in [-0.39, 0.29) is 0 Å². The molecule has 0 radical (unpaired) electrons. The molecule has 3 aromatic rings. The molecule has 1 aromatic heterocycles. The van der Waals surface area contributed by atoms with Crippen LogP contribution < -0.4 is 15.4 Å². The van der Waals surface area contributed by atoms with Crippen LogP contribution in [0.3, 0.4) is 0 Å². The molecule has 2 heterocycles. The van der Waals surface area contributed by atoms with Gasteiger partial charge in [-0.25, -0.2) is 0 Å². The molecule has 29 heavy (non-hydrogen) atoms. The van der Waals surface area contributed by atoms with Gasteiger partial charge in [-0.1, -0.05) is 29.8 Å². The Bertz CT molecular complexity index is 952. The Hall–Kier alpha value is -2.77. The molecule has 1 saturated heterocycles. The van der Waals surface area contributed by atoms with Gasteiger partial charge >= 0.3 is 0 Å². The van der Waals surface area contributed by atoms with Crippen LogP contribution in [0.25, 0.3) is 5.69 Å². The number of hydrogen-bond acceptors (Lipinski definition) is 6. The van der Waals surface area contributed by atoms with Crippen molar-refractivity contribution in [2.24, 2.45) is 0 Å². The van der Waals surface area contributed by atoms with E-state index >= 15 is 0 Å². The molecule has 2 aromatic carbocycles. The highest BCUT2D eigenvalue weighted by Gasteiger charge is 2.26. The first-order chi connectivity index (χ1) is 14.2. The van der Waals surface area contributed by atoms with Crippen LogP contribution in [0.1, 0.15) is 41.4 Å². The molecule has 4 rings (SSSR count). The maximum Gasteiger partial charge on any atom is 0.153 e. The molecular weight excluding hydrogens is 364 g/mol. The molecule has 0 unspecified atom stereocenters. The average molecular weight is 393 g/mol. The van der Waals surface area contributed by atoms with Crippen molar-refractivity contribution >= 4 is 0 Å². The Morgan fingerprint density at radius 1 is 1.17 bits per heavy atom. The van der Waals surface area contributed by atoms with Crippen molar-refractivity contribution in [3.05, 3.63) is 65.0 Å². The number of nitrogens with zero attached hydrogens (tertiary/aromatic N) is 4. The van der Waals surface area contributed by atoms with E-state index in [1.54, 1.807) is 11.8 Å². The largest absolute Gasteiger partial charge is 0.496 e. The summed E-state index contributed by atoms with van der Waals surface area (Å²) in [7, 11) is 1.71. The number of hydrogen-bond donors (Lipinski definition) is 2. The lowest BCUT2D eigenvalue weighted by atomic mass is 9.91. The second-order valence-corrected chi connectivity index (χ2v) is 7.61. The van der Waals surface area contributed by atoms with Gasteiger partial charge in [-0.3, -0.25) is 0 Å². The normalized spacial score (nSPS) is 19.3. The van der Waals surface area contributed by atoms with E-state index in [0.717, 1.165) is 35.8 Å². The number of aromatic nitrogens is 4. The molecule has 152 valence electrons. The molecule has 0 bridgehead atoms. The summed E-state index contributed by atoms with van der Waals surface area (Å²) in [5.74, 6) is 1.62. The number of methoxy groups -OCH3 is 1. The number of rotatable bonds is 6. The second kappa shape index (κ2) is 8.71. The maximum absolute atomic E-state index is 5.60. The minimum absolute atomic E-state index is 0.306. The molecule has 7 nitrogen and oxygen atoms in total. The van der Waals surface area contributed by atoms with E-state index in [0.29, 0.717) is 18.6 Å². The first-order valence-corrected chi connectivity index (χ1v) is 10.1. The summed E-state index contributed by atoms with van der Waals surface area (Å²) in [6.07, 6.45) is 2.31. The van der Waals surface area contributed by atoms with Crippen molar-refractivity contribution in [3.8, 4) is 11.4 Å². The van der Waals surface area contributed by atoms with Gasteiger partial charge in [-0.2, -0.15) is 4.68 Å². The molecule has 2 N–H and O–H groups in total. The monoisotopic (exact) mass is 392 g/mol. The van der Waals surface area contributed by atoms with Crippen LogP contribution in [-0.4, -0.2) is 39.9 Å². The fraction of sp³-hybridized carbons (Fsp3) is 0.409. The molecule has 1 aliphatic rings.